The molecule has 0 aromatic rings. The van der Waals surface area contributed by atoms with Gasteiger partial charge in [0, 0.05) is 6.42 Å². The Kier molecular flexibility index (Phi) is 4.37. The van der Waals surface area contributed by atoms with Crippen LogP contribution in [0, 0.1) is 5.41 Å². The highest BCUT2D eigenvalue weighted by Crippen LogP contribution is 2.39. The molecule has 5 heteroatoms. The van der Waals surface area contributed by atoms with Crippen molar-refractivity contribution < 1.29 is 19.8 Å². The van der Waals surface area contributed by atoms with E-state index in [2.05, 4.69) is 0 Å². The van der Waals surface area contributed by atoms with Crippen LogP contribution in [0.4, 0.5) is 0 Å². The first-order chi connectivity index (χ1) is 9.41. The van der Waals surface area contributed by atoms with E-state index >= 15 is 0 Å². The van der Waals surface area contributed by atoms with Crippen molar-refractivity contribution in [3.8, 4) is 0 Å². The first kappa shape index (κ1) is 15.3. The zero-order valence-corrected chi connectivity index (χ0v) is 12.2. The maximum absolute atomic E-state index is 12.3. The number of hydrogen-bond donors (Lipinski definition) is 2. The van der Waals surface area contributed by atoms with Crippen molar-refractivity contribution in [2.75, 3.05) is 13.1 Å². The van der Waals surface area contributed by atoms with Crippen LogP contribution in [0.2, 0.25) is 0 Å². The molecule has 0 bridgehead atoms. The zero-order chi connectivity index (χ0) is 14.8. The van der Waals surface area contributed by atoms with Gasteiger partial charge in [0.1, 0.15) is 0 Å². The van der Waals surface area contributed by atoms with E-state index in [1.54, 1.807) is 4.90 Å². The monoisotopic (exact) mass is 283 g/mol. The van der Waals surface area contributed by atoms with E-state index in [4.69, 9.17) is 0 Å². The summed E-state index contributed by atoms with van der Waals surface area (Å²) in [6.07, 6.45) is 5.80. The molecule has 1 amide bonds. The number of rotatable bonds is 4. The molecule has 0 aromatic carbocycles. The highest BCUT2D eigenvalue weighted by molar-refractivity contribution is 5.85. The number of carbonyl (C=O) groups is 2. The SMILES string of the molecule is CCC1(O)CN(C(=O)CC2(C(=O)O)CCCCCC2)C1. The van der Waals surface area contributed by atoms with E-state index < -0.39 is 17.0 Å². The fourth-order valence-corrected chi connectivity index (χ4v) is 3.34. The van der Waals surface area contributed by atoms with Gasteiger partial charge in [-0.25, -0.2) is 0 Å². The largest absolute Gasteiger partial charge is 0.481 e. The second-order valence-corrected chi connectivity index (χ2v) is 6.50. The lowest BCUT2D eigenvalue weighted by atomic mass is 9.76. The van der Waals surface area contributed by atoms with Crippen molar-refractivity contribution in [3.63, 3.8) is 0 Å². The summed E-state index contributed by atoms with van der Waals surface area (Å²) in [5.74, 6) is -0.952. The van der Waals surface area contributed by atoms with Crippen LogP contribution in [-0.4, -0.2) is 45.7 Å². The molecule has 20 heavy (non-hydrogen) atoms. The van der Waals surface area contributed by atoms with Crippen molar-refractivity contribution in [1.29, 1.82) is 0 Å². The lowest BCUT2D eigenvalue weighted by molar-refractivity contribution is -0.164. The summed E-state index contributed by atoms with van der Waals surface area (Å²) in [4.78, 5) is 25.5. The lowest BCUT2D eigenvalue weighted by Gasteiger charge is -2.47. The normalized spacial score (nSPS) is 24.6. The van der Waals surface area contributed by atoms with E-state index in [0.29, 0.717) is 32.4 Å². The molecule has 0 aromatic heterocycles. The van der Waals surface area contributed by atoms with E-state index in [9.17, 15) is 19.8 Å². The molecule has 0 spiro atoms. The zero-order valence-electron chi connectivity index (χ0n) is 12.2. The van der Waals surface area contributed by atoms with Gasteiger partial charge in [-0.3, -0.25) is 9.59 Å². The number of carbonyl (C=O) groups excluding carboxylic acids is 1. The van der Waals surface area contributed by atoms with Crippen molar-refractivity contribution in [2.24, 2.45) is 5.41 Å². The van der Waals surface area contributed by atoms with E-state index in [1.807, 2.05) is 6.92 Å². The van der Waals surface area contributed by atoms with Gasteiger partial charge in [-0.15, -0.1) is 0 Å². The molecule has 1 aliphatic heterocycles. The molecule has 0 atom stereocenters. The Balaban J connectivity index is 1.98. The number of aliphatic hydroxyl groups is 1. The molecular weight excluding hydrogens is 258 g/mol. The molecule has 1 saturated heterocycles. The van der Waals surface area contributed by atoms with Crippen molar-refractivity contribution in [1.82, 2.24) is 4.90 Å². The molecule has 2 rings (SSSR count). The quantitative estimate of drug-likeness (QED) is 0.771. The second kappa shape index (κ2) is 5.72. The van der Waals surface area contributed by atoms with Crippen LogP contribution in [0.1, 0.15) is 58.3 Å². The summed E-state index contributed by atoms with van der Waals surface area (Å²) in [6, 6.07) is 0. The average Bonchev–Trinajstić information content (AvgIpc) is 2.61. The van der Waals surface area contributed by atoms with Gasteiger partial charge in [0.2, 0.25) is 5.91 Å². The van der Waals surface area contributed by atoms with Crippen LogP contribution in [0.15, 0.2) is 0 Å². The molecule has 1 aliphatic carbocycles. The van der Waals surface area contributed by atoms with E-state index in [0.717, 1.165) is 25.7 Å². The second-order valence-electron chi connectivity index (χ2n) is 6.50. The highest BCUT2D eigenvalue weighted by Gasteiger charge is 2.46. The summed E-state index contributed by atoms with van der Waals surface area (Å²) in [6.45, 7) is 2.59. The minimum atomic E-state index is -0.881. The molecule has 0 radical (unpaired) electrons. The number of likely N-dealkylation sites (tertiary alicyclic amines) is 1. The van der Waals surface area contributed by atoms with Gasteiger partial charge in [-0.2, -0.15) is 0 Å². The number of carboxylic acid groups (broad SMARTS) is 1. The maximum atomic E-state index is 12.3. The summed E-state index contributed by atoms with van der Waals surface area (Å²) in [5, 5.41) is 19.5. The van der Waals surface area contributed by atoms with Crippen LogP contribution in [0.3, 0.4) is 0 Å². The summed E-state index contributed by atoms with van der Waals surface area (Å²) < 4.78 is 0. The van der Waals surface area contributed by atoms with Crippen molar-refractivity contribution in [2.45, 2.75) is 63.9 Å². The number of nitrogens with zero attached hydrogens (tertiary/aromatic N) is 1. The van der Waals surface area contributed by atoms with Gasteiger partial charge < -0.3 is 15.1 Å². The third-order valence-corrected chi connectivity index (χ3v) is 4.99. The Bertz CT molecular complexity index is 379. The smallest absolute Gasteiger partial charge is 0.310 e. The third-order valence-electron chi connectivity index (χ3n) is 4.99. The number of amides is 1. The lowest BCUT2D eigenvalue weighted by Crippen LogP contribution is -2.63. The molecule has 0 unspecified atom stereocenters. The van der Waals surface area contributed by atoms with Crippen LogP contribution < -0.4 is 0 Å². The van der Waals surface area contributed by atoms with Crippen LogP contribution in [0.25, 0.3) is 0 Å². The first-order valence-electron chi connectivity index (χ1n) is 7.64. The van der Waals surface area contributed by atoms with Gasteiger partial charge in [0.25, 0.3) is 0 Å². The summed E-state index contributed by atoms with van der Waals surface area (Å²) in [5.41, 5.74) is -1.64. The predicted molar refractivity (Wildman–Crippen MR) is 74.2 cm³/mol. The predicted octanol–water partition coefficient (Wildman–Crippen LogP) is 1.78. The third kappa shape index (κ3) is 2.97. The van der Waals surface area contributed by atoms with Gasteiger partial charge in [-0.1, -0.05) is 32.6 Å². The number of aliphatic carboxylic acids is 1. The molecule has 5 nitrogen and oxygen atoms in total. The first-order valence-corrected chi connectivity index (χ1v) is 7.64. The Hall–Kier alpha value is -1.10. The molecular formula is C15H25NO4. The fraction of sp³-hybridized carbons (Fsp3) is 0.867. The van der Waals surface area contributed by atoms with Gasteiger partial charge in [0.15, 0.2) is 0 Å². The average molecular weight is 283 g/mol. The molecule has 2 fully saturated rings. The van der Waals surface area contributed by atoms with E-state index in [1.165, 1.54) is 0 Å². The number of carboxylic acids is 1. The van der Waals surface area contributed by atoms with Crippen LogP contribution in [0.5, 0.6) is 0 Å². The summed E-state index contributed by atoms with van der Waals surface area (Å²) >= 11 is 0. The van der Waals surface area contributed by atoms with Crippen LogP contribution in [-0.2, 0) is 9.59 Å². The minimum Gasteiger partial charge on any atom is -0.481 e. The number of hydrogen-bond acceptors (Lipinski definition) is 3. The van der Waals surface area contributed by atoms with Gasteiger partial charge in [-0.05, 0) is 19.3 Å². The highest BCUT2D eigenvalue weighted by atomic mass is 16.4. The molecule has 2 N–H and O–H groups in total. The summed E-state index contributed by atoms with van der Waals surface area (Å²) in [7, 11) is 0. The standard InChI is InChI=1S/C15H25NO4/c1-2-15(20)10-16(11-15)12(17)9-14(13(18)19)7-5-3-4-6-8-14/h20H,2-11H2,1H3,(H,18,19). The molecule has 114 valence electrons. The molecule has 1 saturated carbocycles. The van der Waals surface area contributed by atoms with Crippen molar-refractivity contribution in [3.05, 3.63) is 0 Å². The Morgan fingerprint density at radius 1 is 1.10 bits per heavy atom. The fourth-order valence-electron chi connectivity index (χ4n) is 3.34. The topological polar surface area (TPSA) is 77.8 Å². The van der Waals surface area contributed by atoms with Crippen LogP contribution >= 0.6 is 0 Å². The Labute approximate surface area is 120 Å². The minimum absolute atomic E-state index is 0.0854. The molecule has 2 aliphatic rings. The molecule has 1 heterocycles. The Morgan fingerprint density at radius 3 is 2.10 bits per heavy atom. The van der Waals surface area contributed by atoms with E-state index in [-0.39, 0.29) is 12.3 Å². The Morgan fingerprint density at radius 2 is 1.65 bits per heavy atom. The van der Waals surface area contributed by atoms with Crippen molar-refractivity contribution >= 4 is 11.9 Å². The maximum Gasteiger partial charge on any atom is 0.310 e. The van der Waals surface area contributed by atoms with Gasteiger partial charge >= 0.3 is 5.97 Å². The number of β-amino-alcohol motifs (C(OH)–C–C–N with tert-alkyl or cyclic N) is 1. The van der Waals surface area contributed by atoms with Gasteiger partial charge in [0.05, 0.1) is 24.1 Å².